The molecule has 0 N–H and O–H groups in total. The third kappa shape index (κ3) is 5.25. The van der Waals surface area contributed by atoms with Gasteiger partial charge in [0.1, 0.15) is 5.75 Å². The fourth-order valence-corrected chi connectivity index (χ4v) is 6.35. The molecule has 0 atom stereocenters. The molecular weight excluding hydrogens is 436 g/mol. The van der Waals surface area contributed by atoms with Gasteiger partial charge in [0.15, 0.2) is 6.61 Å². The quantitative estimate of drug-likeness (QED) is 0.630. The van der Waals surface area contributed by atoms with E-state index in [0.717, 1.165) is 39.1 Å². The number of carbonyl (C=O) groups is 1. The summed E-state index contributed by atoms with van der Waals surface area (Å²) in [5.74, 6) is 0.906. The van der Waals surface area contributed by atoms with Gasteiger partial charge in [-0.25, -0.2) is 8.42 Å². The Morgan fingerprint density at radius 1 is 0.939 bits per heavy atom. The highest BCUT2D eigenvalue weighted by atomic mass is 32.2. The van der Waals surface area contributed by atoms with Crippen LogP contribution in [0.5, 0.6) is 5.75 Å². The van der Waals surface area contributed by atoms with Crippen molar-refractivity contribution in [3.05, 3.63) is 57.6 Å². The molecule has 1 heterocycles. The molecule has 0 aliphatic carbocycles. The zero-order valence-corrected chi connectivity index (χ0v) is 21.7. The molecule has 1 aliphatic heterocycles. The first-order valence-corrected chi connectivity index (χ1v) is 13.0. The smallest absolute Gasteiger partial charge is 0.260 e. The summed E-state index contributed by atoms with van der Waals surface area (Å²) in [6.45, 7) is 15.0. The summed E-state index contributed by atoms with van der Waals surface area (Å²) in [5, 5.41) is 0. The van der Waals surface area contributed by atoms with E-state index in [-0.39, 0.29) is 25.6 Å². The summed E-state index contributed by atoms with van der Waals surface area (Å²) >= 11 is 0. The number of carbonyl (C=O) groups excluding carboxylic acids is 1. The first-order valence-electron chi connectivity index (χ1n) is 11.5. The third-order valence-corrected chi connectivity index (χ3v) is 8.80. The average Bonchev–Trinajstić information content (AvgIpc) is 2.76. The number of piperazine rings is 1. The van der Waals surface area contributed by atoms with Crippen molar-refractivity contribution in [2.24, 2.45) is 0 Å². The van der Waals surface area contributed by atoms with E-state index in [1.807, 2.05) is 58.9 Å². The number of sulfonamides is 1. The summed E-state index contributed by atoms with van der Waals surface area (Å²) in [4.78, 5) is 14.9. The van der Waals surface area contributed by atoms with Gasteiger partial charge in [0.2, 0.25) is 10.0 Å². The van der Waals surface area contributed by atoms with E-state index in [0.29, 0.717) is 23.9 Å². The number of hydrogen-bond donors (Lipinski definition) is 0. The van der Waals surface area contributed by atoms with Gasteiger partial charge in [-0.3, -0.25) is 4.79 Å². The minimum absolute atomic E-state index is 0.0504. The molecule has 33 heavy (non-hydrogen) atoms. The van der Waals surface area contributed by atoms with Crippen LogP contribution in [0.25, 0.3) is 0 Å². The number of nitrogens with zero attached hydrogens (tertiary/aromatic N) is 2. The van der Waals surface area contributed by atoms with E-state index in [1.165, 1.54) is 4.31 Å². The lowest BCUT2D eigenvalue weighted by atomic mass is 10.0. The number of ether oxygens (including phenoxy) is 1. The number of rotatable bonds is 6. The summed E-state index contributed by atoms with van der Waals surface area (Å²) in [6, 6.07) is 8.07. The molecule has 0 aromatic heterocycles. The van der Waals surface area contributed by atoms with Gasteiger partial charge in [0.05, 0.1) is 4.90 Å². The highest BCUT2D eigenvalue weighted by Gasteiger charge is 2.33. The van der Waals surface area contributed by atoms with Crippen LogP contribution in [-0.2, 0) is 14.8 Å². The Balaban J connectivity index is 1.67. The Kier molecular flexibility index (Phi) is 7.54. The van der Waals surface area contributed by atoms with Gasteiger partial charge < -0.3 is 9.64 Å². The maximum absolute atomic E-state index is 13.5. The largest absolute Gasteiger partial charge is 0.483 e. The molecule has 3 rings (SSSR count). The van der Waals surface area contributed by atoms with Gasteiger partial charge in [-0.05, 0) is 80.0 Å². The Morgan fingerprint density at radius 2 is 1.52 bits per heavy atom. The van der Waals surface area contributed by atoms with Gasteiger partial charge >= 0.3 is 0 Å². The van der Waals surface area contributed by atoms with Crippen LogP contribution in [-0.4, -0.2) is 56.3 Å². The normalized spacial score (nSPS) is 15.2. The molecule has 2 aromatic carbocycles. The van der Waals surface area contributed by atoms with Gasteiger partial charge in [0.25, 0.3) is 5.91 Å². The van der Waals surface area contributed by atoms with Gasteiger partial charge in [-0.1, -0.05) is 32.0 Å². The molecule has 0 bridgehead atoms. The first-order chi connectivity index (χ1) is 15.4. The number of hydrogen-bond acceptors (Lipinski definition) is 4. The standard InChI is InChI=1S/C26H36N2O4S/c1-17(2)23-9-8-18(3)14-24(23)32-16-25(29)27-10-12-28(13-11-27)33(30,31)26-21(6)19(4)15-20(5)22(26)7/h8-9,14-15,17H,10-13,16H2,1-7H3. The lowest BCUT2D eigenvalue weighted by Gasteiger charge is -2.34. The second kappa shape index (κ2) is 9.85. The Morgan fingerprint density at radius 3 is 2.06 bits per heavy atom. The van der Waals surface area contributed by atoms with Gasteiger partial charge in [0, 0.05) is 26.2 Å². The molecule has 0 unspecified atom stereocenters. The monoisotopic (exact) mass is 472 g/mol. The summed E-state index contributed by atoms with van der Waals surface area (Å²) < 4.78 is 34.3. The van der Waals surface area contributed by atoms with Crippen molar-refractivity contribution in [2.45, 2.75) is 59.3 Å². The van der Waals surface area contributed by atoms with Crippen molar-refractivity contribution in [2.75, 3.05) is 32.8 Å². The van der Waals surface area contributed by atoms with E-state index in [1.54, 1.807) is 4.90 Å². The molecule has 0 spiro atoms. The fraction of sp³-hybridized carbons (Fsp3) is 0.500. The van der Waals surface area contributed by atoms with Crippen LogP contribution in [0.4, 0.5) is 0 Å². The van der Waals surface area contributed by atoms with E-state index in [2.05, 4.69) is 13.8 Å². The lowest BCUT2D eigenvalue weighted by Crippen LogP contribution is -2.51. The molecule has 0 radical (unpaired) electrons. The third-order valence-electron chi connectivity index (χ3n) is 6.63. The number of benzene rings is 2. The molecule has 2 aromatic rings. The predicted octanol–water partition coefficient (Wildman–Crippen LogP) is 4.26. The first kappa shape index (κ1) is 25.2. The van der Waals surface area contributed by atoms with Crippen LogP contribution in [0.1, 0.15) is 53.1 Å². The summed E-state index contributed by atoms with van der Waals surface area (Å²) in [7, 11) is -3.63. The molecule has 7 heteroatoms. The van der Waals surface area contributed by atoms with E-state index >= 15 is 0 Å². The second-order valence-electron chi connectivity index (χ2n) is 9.36. The highest BCUT2D eigenvalue weighted by molar-refractivity contribution is 7.89. The van der Waals surface area contributed by atoms with Gasteiger partial charge in [-0.15, -0.1) is 0 Å². The Bertz CT molecular complexity index is 1120. The second-order valence-corrected chi connectivity index (χ2v) is 11.2. The summed E-state index contributed by atoms with van der Waals surface area (Å²) in [6.07, 6.45) is 0. The van der Waals surface area contributed by atoms with Crippen molar-refractivity contribution in [3.63, 3.8) is 0 Å². The maximum atomic E-state index is 13.5. The Labute approximate surface area is 198 Å². The van der Waals surface area contributed by atoms with Crippen molar-refractivity contribution in [1.82, 2.24) is 9.21 Å². The van der Waals surface area contributed by atoms with Crippen LogP contribution in [0.2, 0.25) is 0 Å². The Hall–Kier alpha value is -2.38. The predicted molar refractivity (Wildman–Crippen MR) is 131 cm³/mol. The van der Waals surface area contributed by atoms with Crippen LogP contribution in [0.3, 0.4) is 0 Å². The minimum Gasteiger partial charge on any atom is -0.483 e. The molecule has 6 nitrogen and oxygen atoms in total. The molecular formula is C26H36N2O4S. The van der Waals surface area contributed by atoms with Crippen molar-refractivity contribution >= 4 is 15.9 Å². The molecule has 1 aliphatic rings. The zero-order chi connectivity index (χ0) is 24.5. The van der Waals surface area contributed by atoms with E-state index in [4.69, 9.17) is 4.74 Å². The molecule has 1 amide bonds. The minimum atomic E-state index is -3.63. The topological polar surface area (TPSA) is 66.9 Å². The van der Waals surface area contributed by atoms with E-state index < -0.39 is 10.0 Å². The van der Waals surface area contributed by atoms with E-state index in [9.17, 15) is 13.2 Å². The fourth-order valence-electron chi connectivity index (χ4n) is 4.35. The van der Waals surface area contributed by atoms with Crippen molar-refractivity contribution in [3.8, 4) is 5.75 Å². The number of aryl methyl sites for hydroxylation is 3. The van der Waals surface area contributed by atoms with Crippen LogP contribution < -0.4 is 4.74 Å². The number of amides is 1. The van der Waals surface area contributed by atoms with Crippen molar-refractivity contribution in [1.29, 1.82) is 0 Å². The van der Waals surface area contributed by atoms with Crippen LogP contribution in [0, 0.1) is 34.6 Å². The van der Waals surface area contributed by atoms with Crippen LogP contribution in [0.15, 0.2) is 29.2 Å². The maximum Gasteiger partial charge on any atom is 0.260 e. The van der Waals surface area contributed by atoms with Crippen molar-refractivity contribution < 1.29 is 17.9 Å². The van der Waals surface area contributed by atoms with Gasteiger partial charge in [-0.2, -0.15) is 4.31 Å². The molecule has 180 valence electrons. The highest BCUT2D eigenvalue weighted by Crippen LogP contribution is 2.30. The molecule has 1 fully saturated rings. The SMILES string of the molecule is Cc1ccc(C(C)C)c(OCC(=O)N2CCN(S(=O)(=O)c3c(C)c(C)cc(C)c3C)CC2)c1. The van der Waals surface area contributed by atoms with Crippen LogP contribution >= 0.6 is 0 Å². The zero-order valence-electron chi connectivity index (χ0n) is 20.9. The molecule has 0 saturated carbocycles. The summed E-state index contributed by atoms with van der Waals surface area (Å²) in [5.41, 5.74) is 5.69. The lowest BCUT2D eigenvalue weighted by molar-refractivity contribution is -0.134. The average molecular weight is 473 g/mol. The molecule has 1 saturated heterocycles.